The van der Waals surface area contributed by atoms with Crippen molar-refractivity contribution in [3.8, 4) is 0 Å². The monoisotopic (exact) mass is 197 g/mol. The fraction of sp³-hybridized carbons (Fsp3) is 0.625. The van der Waals surface area contributed by atoms with Crippen LogP contribution < -0.4 is 0 Å². The highest BCUT2D eigenvalue weighted by molar-refractivity contribution is 5.33. The van der Waals surface area contributed by atoms with Gasteiger partial charge in [-0.2, -0.15) is 5.10 Å². The van der Waals surface area contributed by atoms with Crippen LogP contribution in [0.3, 0.4) is 0 Å². The van der Waals surface area contributed by atoms with Crippen LogP contribution in [-0.4, -0.2) is 20.3 Å². The van der Waals surface area contributed by atoms with Gasteiger partial charge in [0.25, 0.3) is 0 Å². The van der Waals surface area contributed by atoms with E-state index < -0.39 is 4.92 Å². The van der Waals surface area contributed by atoms with Crippen molar-refractivity contribution < 1.29 is 9.66 Å². The summed E-state index contributed by atoms with van der Waals surface area (Å²) in [6.45, 7) is 4.67. The minimum absolute atomic E-state index is 0.0421. The summed E-state index contributed by atoms with van der Waals surface area (Å²) in [7, 11) is 0. The summed E-state index contributed by atoms with van der Waals surface area (Å²) >= 11 is 0. The molecule has 1 aliphatic rings. The van der Waals surface area contributed by atoms with E-state index >= 15 is 0 Å². The zero-order valence-electron chi connectivity index (χ0n) is 8.06. The van der Waals surface area contributed by atoms with Crippen LogP contribution in [-0.2, 0) is 17.9 Å². The summed E-state index contributed by atoms with van der Waals surface area (Å²) < 4.78 is 7.12. The van der Waals surface area contributed by atoms with E-state index in [4.69, 9.17) is 4.74 Å². The normalized spacial score (nSPS) is 19.0. The van der Waals surface area contributed by atoms with Gasteiger partial charge in [-0.15, -0.1) is 0 Å². The molecule has 14 heavy (non-hydrogen) atoms. The molecule has 0 fully saturated rings. The van der Waals surface area contributed by atoms with Crippen LogP contribution in [0.2, 0.25) is 0 Å². The first-order valence-electron chi connectivity index (χ1n) is 4.33. The number of nitro groups is 1. The van der Waals surface area contributed by atoms with E-state index in [1.54, 1.807) is 4.68 Å². The second kappa shape index (κ2) is 2.78. The molecule has 6 nitrogen and oxygen atoms in total. The van der Waals surface area contributed by atoms with Crippen LogP contribution in [0.4, 0.5) is 5.69 Å². The average Bonchev–Trinajstić information content (AvgIpc) is 2.44. The second-order valence-electron chi connectivity index (χ2n) is 3.94. The number of aromatic nitrogens is 2. The van der Waals surface area contributed by atoms with Crippen LogP contribution in [0.25, 0.3) is 0 Å². The predicted octanol–water partition coefficient (Wildman–Crippen LogP) is 1.10. The molecule has 0 N–H and O–H groups in total. The Balaban J connectivity index is 2.39. The highest BCUT2D eigenvalue weighted by atomic mass is 16.6. The van der Waals surface area contributed by atoms with Gasteiger partial charge in [0.1, 0.15) is 11.9 Å². The van der Waals surface area contributed by atoms with Crippen LogP contribution in [0.15, 0.2) is 6.20 Å². The van der Waals surface area contributed by atoms with E-state index in [-0.39, 0.29) is 17.9 Å². The number of rotatable bonds is 1. The zero-order valence-corrected chi connectivity index (χ0v) is 8.06. The number of nitrogens with zero attached hydrogens (tertiary/aromatic N) is 3. The Morgan fingerprint density at radius 2 is 2.43 bits per heavy atom. The summed E-state index contributed by atoms with van der Waals surface area (Å²) in [5, 5.41) is 14.6. The molecule has 1 aromatic rings. The number of fused-ring (bicyclic) bond motifs is 1. The molecular formula is C8H11N3O3. The number of hydrogen-bond donors (Lipinski definition) is 0. The second-order valence-corrected chi connectivity index (χ2v) is 3.94. The molecule has 6 heteroatoms. The van der Waals surface area contributed by atoms with E-state index in [2.05, 4.69) is 5.10 Å². The van der Waals surface area contributed by atoms with Gasteiger partial charge in [0.05, 0.1) is 23.7 Å². The molecule has 1 aliphatic heterocycles. The number of ether oxygens (including phenoxy) is 1. The van der Waals surface area contributed by atoms with Crippen molar-refractivity contribution in [1.82, 2.24) is 9.78 Å². The van der Waals surface area contributed by atoms with E-state index in [0.717, 1.165) is 0 Å². The maximum Gasteiger partial charge on any atom is 0.312 e. The lowest BCUT2D eigenvalue weighted by Gasteiger charge is -2.30. The van der Waals surface area contributed by atoms with Gasteiger partial charge < -0.3 is 4.74 Å². The maximum absolute atomic E-state index is 10.6. The van der Waals surface area contributed by atoms with Crippen molar-refractivity contribution in [2.24, 2.45) is 0 Å². The number of hydrogen-bond acceptors (Lipinski definition) is 4. The Morgan fingerprint density at radius 3 is 3.07 bits per heavy atom. The first-order chi connectivity index (χ1) is 6.49. The van der Waals surface area contributed by atoms with E-state index in [1.807, 2.05) is 13.8 Å². The molecule has 0 atom stereocenters. The van der Waals surface area contributed by atoms with Gasteiger partial charge >= 0.3 is 5.69 Å². The van der Waals surface area contributed by atoms with Crippen LogP contribution in [0.5, 0.6) is 0 Å². The minimum Gasteiger partial charge on any atom is -0.367 e. The highest BCUT2D eigenvalue weighted by Crippen LogP contribution is 2.27. The molecule has 0 aliphatic carbocycles. The zero-order chi connectivity index (χ0) is 10.3. The summed E-state index contributed by atoms with van der Waals surface area (Å²) in [6, 6.07) is 0. The summed E-state index contributed by atoms with van der Waals surface area (Å²) in [5.41, 5.74) is 0.294. The molecule has 76 valence electrons. The molecule has 2 heterocycles. The molecular weight excluding hydrogens is 186 g/mol. The molecule has 0 unspecified atom stereocenters. The molecule has 2 rings (SSSR count). The Bertz CT molecular complexity index is 383. The van der Waals surface area contributed by atoms with Gasteiger partial charge in [-0.1, -0.05) is 0 Å². The standard InChI is InChI=1S/C8H11N3O3/c1-8(2)5-10-7(4-14-8)6(3-9-10)11(12)13/h3H,4-5H2,1-2H3. The quantitative estimate of drug-likeness (QED) is 0.499. The van der Waals surface area contributed by atoms with Gasteiger partial charge in [-0.25, -0.2) is 0 Å². The summed E-state index contributed by atoms with van der Waals surface area (Å²) in [5.74, 6) is 0. The smallest absolute Gasteiger partial charge is 0.312 e. The maximum atomic E-state index is 10.6. The molecule has 0 radical (unpaired) electrons. The van der Waals surface area contributed by atoms with Crippen molar-refractivity contribution in [2.45, 2.75) is 32.6 Å². The minimum atomic E-state index is -0.430. The first-order valence-corrected chi connectivity index (χ1v) is 4.33. The van der Waals surface area contributed by atoms with Crippen LogP contribution in [0, 0.1) is 10.1 Å². The van der Waals surface area contributed by atoms with Gasteiger partial charge in [0.15, 0.2) is 0 Å². The predicted molar refractivity (Wildman–Crippen MR) is 47.7 cm³/mol. The Kier molecular flexibility index (Phi) is 1.81. The third-order valence-corrected chi connectivity index (χ3v) is 2.25. The molecule has 0 saturated carbocycles. The third-order valence-electron chi connectivity index (χ3n) is 2.25. The SMILES string of the molecule is CC1(C)Cn2ncc([N+](=O)[O-])c2CO1. The Morgan fingerprint density at radius 1 is 1.71 bits per heavy atom. The van der Waals surface area contributed by atoms with Crippen LogP contribution >= 0.6 is 0 Å². The molecule has 0 aromatic carbocycles. The lowest BCUT2D eigenvalue weighted by atomic mass is 10.1. The highest BCUT2D eigenvalue weighted by Gasteiger charge is 2.31. The van der Waals surface area contributed by atoms with E-state index in [9.17, 15) is 10.1 Å². The van der Waals surface area contributed by atoms with E-state index in [0.29, 0.717) is 12.2 Å². The fourth-order valence-corrected chi connectivity index (χ4v) is 1.51. The summed E-state index contributed by atoms with van der Waals surface area (Å²) in [4.78, 5) is 10.2. The Hall–Kier alpha value is -1.43. The third kappa shape index (κ3) is 1.37. The first kappa shape index (κ1) is 9.14. The lowest BCUT2D eigenvalue weighted by molar-refractivity contribution is -0.386. The van der Waals surface area contributed by atoms with Crippen molar-refractivity contribution in [1.29, 1.82) is 0 Å². The van der Waals surface area contributed by atoms with Gasteiger partial charge in [0.2, 0.25) is 0 Å². The average molecular weight is 197 g/mol. The summed E-state index contributed by atoms with van der Waals surface area (Å²) in [6.07, 6.45) is 1.28. The van der Waals surface area contributed by atoms with Crippen molar-refractivity contribution in [3.05, 3.63) is 22.0 Å². The van der Waals surface area contributed by atoms with Gasteiger partial charge in [-0.05, 0) is 13.8 Å². The lowest BCUT2D eigenvalue weighted by Crippen LogP contribution is -2.36. The van der Waals surface area contributed by atoms with Crippen molar-refractivity contribution in [3.63, 3.8) is 0 Å². The van der Waals surface area contributed by atoms with E-state index in [1.165, 1.54) is 6.20 Å². The molecule has 0 bridgehead atoms. The molecule has 1 aromatic heterocycles. The topological polar surface area (TPSA) is 70.2 Å². The molecule has 0 saturated heterocycles. The Labute approximate surface area is 80.6 Å². The largest absolute Gasteiger partial charge is 0.367 e. The van der Waals surface area contributed by atoms with Crippen LogP contribution in [0.1, 0.15) is 19.5 Å². The fourth-order valence-electron chi connectivity index (χ4n) is 1.51. The van der Waals surface area contributed by atoms with Crippen molar-refractivity contribution in [2.75, 3.05) is 0 Å². The molecule has 0 spiro atoms. The molecule has 0 amide bonds. The van der Waals surface area contributed by atoms with Crippen molar-refractivity contribution >= 4 is 5.69 Å². The van der Waals surface area contributed by atoms with Gasteiger partial charge in [-0.3, -0.25) is 14.8 Å². The van der Waals surface area contributed by atoms with Gasteiger partial charge in [0, 0.05) is 0 Å².